The lowest BCUT2D eigenvalue weighted by atomic mass is 10.2. The van der Waals surface area contributed by atoms with Crippen LogP contribution in [0.1, 0.15) is 16.1 Å². The third kappa shape index (κ3) is 3.80. The monoisotopic (exact) mass is 332 g/mol. The van der Waals surface area contributed by atoms with E-state index in [2.05, 4.69) is 11.2 Å². The summed E-state index contributed by atoms with van der Waals surface area (Å²) >= 11 is 0. The van der Waals surface area contributed by atoms with E-state index in [4.69, 9.17) is 10.8 Å². The Balaban J connectivity index is 2.30. The van der Waals surface area contributed by atoms with Gasteiger partial charge in [-0.1, -0.05) is 5.92 Å². The first kappa shape index (κ1) is 16.8. The maximum Gasteiger partial charge on any atom is 0.251 e. The van der Waals surface area contributed by atoms with Gasteiger partial charge in [-0.05, 0) is 36.4 Å². The first-order valence-electron chi connectivity index (χ1n) is 6.77. The van der Waals surface area contributed by atoms with Crippen LogP contribution in [0, 0.1) is 12.3 Å². The highest BCUT2D eigenvalue weighted by Gasteiger charge is 2.25. The molecule has 1 aromatic heterocycles. The Morgan fingerprint density at radius 2 is 2.00 bits per heavy atom. The molecule has 23 heavy (non-hydrogen) atoms. The number of benzene rings is 1. The summed E-state index contributed by atoms with van der Waals surface area (Å²) in [7, 11) is -2.28. The summed E-state index contributed by atoms with van der Waals surface area (Å²) in [4.78, 5) is 11.6. The van der Waals surface area contributed by atoms with Gasteiger partial charge in [0.05, 0.1) is 24.2 Å². The Hall–Kier alpha value is -2.56. The Morgan fingerprint density at radius 3 is 2.52 bits per heavy atom. The fraction of sp³-hybridized carbons (Fsp3) is 0.188. The minimum atomic E-state index is -3.79. The number of furan rings is 1. The zero-order chi connectivity index (χ0) is 16.9. The van der Waals surface area contributed by atoms with Crippen molar-refractivity contribution in [3.63, 3.8) is 0 Å². The summed E-state index contributed by atoms with van der Waals surface area (Å²) in [6.07, 6.45) is 6.74. The van der Waals surface area contributed by atoms with E-state index in [9.17, 15) is 13.2 Å². The molecule has 0 spiro atoms. The van der Waals surface area contributed by atoms with E-state index in [1.807, 2.05) is 0 Å². The van der Waals surface area contributed by atoms with E-state index in [0.29, 0.717) is 11.3 Å². The molecule has 0 aliphatic carbocycles. The number of nitrogens with zero attached hydrogens (tertiary/aromatic N) is 1. The topological polar surface area (TPSA) is 79.6 Å². The third-order valence-electron chi connectivity index (χ3n) is 3.16. The SMILES string of the molecule is C#CCN(Cc1ccco1)S(=O)(=O)c1ccc(C(=O)NC)cc1. The van der Waals surface area contributed by atoms with Gasteiger partial charge in [0.15, 0.2) is 0 Å². The summed E-state index contributed by atoms with van der Waals surface area (Å²) in [5.74, 6) is 2.54. The van der Waals surface area contributed by atoms with Crippen molar-refractivity contribution in [2.75, 3.05) is 13.6 Å². The van der Waals surface area contributed by atoms with Crippen molar-refractivity contribution in [2.24, 2.45) is 0 Å². The summed E-state index contributed by atoms with van der Waals surface area (Å²) in [6.45, 7) is -0.0447. The molecular weight excluding hydrogens is 316 g/mol. The average molecular weight is 332 g/mol. The molecule has 1 N–H and O–H groups in total. The van der Waals surface area contributed by atoms with Crippen molar-refractivity contribution >= 4 is 15.9 Å². The minimum Gasteiger partial charge on any atom is -0.468 e. The third-order valence-corrected chi connectivity index (χ3v) is 4.97. The van der Waals surface area contributed by atoms with Crippen LogP contribution >= 0.6 is 0 Å². The summed E-state index contributed by atoms with van der Waals surface area (Å²) in [5.41, 5.74) is 0.376. The summed E-state index contributed by atoms with van der Waals surface area (Å²) in [5, 5.41) is 2.47. The van der Waals surface area contributed by atoms with Gasteiger partial charge in [0, 0.05) is 12.6 Å². The van der Waals surface area contributed by atoms with E-state index in [0.717, 1.165) is 4.31 Å². The smallest absolute Gasteiger partial charge is 0.251 e. The molecule has 0 atom stereocenters. The first-order chi connectivity index (χ1) is 11.0. The van der Waals surface area contributed by atoms with Gasteiger partial charge in [0.2, 0.25) is 10.0 Å². The first-order valence-corrected chi connectivity index (χ1v) is 8.21. The Morgan fingerprint density at radius 1 is 1.30 bits per heavy atom. The van der Waals surface area contributed by atoms with Crippen molar-refractivity contribution in [1.82, 2.24) is 9.62 Å². The van der Waals surface area contributed by atoms with E-state index in [1.165, 1.54) is 37.6 Å². The average Bonchev–Trinajstić information content (AvgIpc) is 3.07. The molecule has 0 bridgehead atoms. The molecule has 7 heteroatoms. The van der Waals surface area contributed by atoms with Crippen molar-refractivity contribution in [3.8, 4) is 12.3 Å². The molecule has 0 saturated carbocycles. The normalized spacial score (nSPS) is 11.2. The van der Waals surface area contributed by atoms with Gasteiger partial charge in [-0.3, -0.25) is 4.79 Å². The Bertz CT molecular complexity index is 803. The van der Waals surface area contributed by atoms with Crippen LogP contribution in [0.5, 0.6) is 0 Å². The molecule has 1 amide bonds. The highest BCUT2D eigenvalue weighted by molar-refractivity contribution is 7.89. The van der Waals surface area contributed by atoms with Crippen LogP contribution < -0.4 is 5.32 Å². The van der Waals surface area contributed by atoms with Gasteiger partial charge in [0.1, 0.15) is 5.76 Å². The molecule has 0 saturated heterocycles. The van der Waals surface area contributed by atoms with Crippen molar-refractivity contribution in [1.29, 1.82) is 0 Å². The lowest BCUT2D eigenvalue weighted by Gasteiger charge is -2.19. The number of carbonyl (C=O) groups excluding carboxylic acids is 1. The Kier molecular flexibility index (Phi) is 5.21. The zero-order valence-electron chi connectivity index (χ0n) is 12.5. The highest BCUT2D eigenvalue weighted by atomic mass is 32.2. The van der Waals surface area contributed by atoms with Gasteiger partial charge in [-0.2, -0.15) is 4.31 Å². The van der Waals surface area contributed by atoms with E-state index >= 15 is 0 Å². The number of rotatable bonds is 6. The lowest BCUT2D eigenvalue weighted by Crippen LogP contribution is -2.31. The molecule has 120 valence electrons. The number of nitrogens with one attached hydrogen (secondary N) is 1. The van der Waals surface area contributed by atoms with Crippen LogP contribution in [0.2, 0.25) is 0 Å². The van der Waals surface area contributed by atoms with Gasteiger partial charge in [-0.25, -0.2) is 8.42 Å². The second-order valence-electron chi connectivity index (χ2n) is 4.66. The van der Waals surface area contributed by atoms with Crippen molar-refractivity contribution in [3.05, 3.63) is 54.0 Å². The number of amides is 1. The summed E-state index contributed by atoms with van der Waals surface area (Å²) in [6, 6.07) is 9.01. The maximum absolute atomic E-state index is 12.7. The van der Waals surface area contributed by atoms with Gasteiger partial charge in [0.25, 0.3) is 5.91 Å². The van der Waals surface area contributed by atoms with E-state index in [-0.39, 0.29) is 23.9 Å². The molecular formula is C16H16N2O4S. The van der Waals surface area contributed by atoms with E-state index < -0.39 is 10.0 Å². The van der Waals surface area contributed by atoms with Crippen molar-refractivity contribution in [2.45, 2.75) is 11.4 Å². The fourth-order valence-electron chi connectivity index (χ4n) is 1.98. The number of sulfonamides is 1. The Labute approximate surface area is 135 Å². The number of hydrogen-bond acceptors (Lipinski definition) is 4. The number of carbonyl (C=O) groups is 1. The number of hydrogen-bond donors (Lipinski definition) is 1. The van der Waals surface area contributed by atoms with Gasteiger partial charge >= 0.3 is 0 Å². The standard InChI is InChI=1S/C16H16N2O4S/c1-3-10-18(12-14-5-4-11-22-14)23(20,21)15-8-6-13(7-9-15)16(19)17-2/h1,4-9,11H,10,12H2,2H3,(H,17,19). The van der Waals surface area contributed by atoms with Crippen LogP contribution in [0.15, 0.2) is 52.0 Å². The minimum absolute atomic E-state index is 0.0384. The predicted molar refractivity (Wildman–Crippen MR) is 85.0 cm³/mol. The summed E-state index contributed by atoms with van der Waals surface area (Å²) < 4.78 is 31.7. The second kappa shape index (κ2) is 7.13. The second-order valence-corrected chi connectivity index (χ2v) is 6.60. The molecule has 0 aliphatic rings. The molecule has 1 aromatic carbocycles. The molecule has 2 rings (SSSR count). The van der Waals surface area contributed by atoms with Crippen LogP contribution in [-0.4, -0.2) is 32.2 Å². The quantitative estimate of drug-likeness (QED) is 0.812. The molecule has 0 aliphatic heterocycles. The maximum atomic E-state index is 12.7. The van der Waals surface area contributed by atoms with Crippen LogP contribution in [-0.2, 0) is 16.6 Å². The fourth-order valence-corrected chi connectivity index (χ4v) is 3.30. The lowest BCUT2D eigenvalue weighted by molar-refractivity contribution is 0.0963. The molecule has 0 unspecified atom stereocenters. The van der Waals surface area contributed by atoms with Crippen LogP contribution in [0.25, 0.3) is 0 Å². The number of terminal acetylenes is 1. The predicted octanol–water partition coefficient (Wildman–Crippen LogP) is 1.46. The molecule has 1 heterocycles. The highest BCUT2D eigenvalue weighted by Crippen LogP contribution is 2.19. The molecule has 6 nitrogen and oxygen atoms in total. The van der Waals surface area contributed by atoms with Gasteiger partial charge in [-0.15, -0.1) is 6.42 Å². The molecule has 2 aromatic rings. The van der Waals surface area contributed by atoms with Crippen molar-refractivity contribution < 1.29 is 17.6 Å². The van der Waals surface area contributed by atoms with Gasteiger partial charge < -0.3 is 9.73 Å². The molecule has 0 fully saturated rings. The molecule has 0 radical (unpaired) electrons. The van der Waals surface area contributed by atoms with Crippen LogP contribution in [0.4, 0.5) is 0 Å². The van der Waals surface area contributed by atoms with E-state index in [1.54, 1.807) is 12.1 Å². The van der Waals surface area contributed by atoms with Crippen LogP contribution in [0.3, 0.4) is 0 Å². The zero-order valence-corrected chi connectivity index (χ0v) is 13.3. The largest absolute Gasteiger partial charge is 0.468 e.